The SMILES string of the molecule is C.COc1ncc(NC(=O)C(=O)N2C[C@@H](C)[C@@H](OC)C[C@@H]2c2ccc3scnc3c2)cc1C(N)=O.COc1ncc(NC(=O)C(=O)N2C[C@H](C)[C@H](OC)C[C@H]2c2ccc3scnc3c2)cc1C(N)=O.COc1ncc(NC(=O)C(=O)N2C[C@H](C)[C@H](OC)C[C@H]2c2ccc3scnc3c2)cc1C(N)=O. The lowest BCUT2D eigenvalue weighted by Crippen LogP contribution is -2.50. The minimum absolute atomic E-state index is 0. The van der Waals surface area contributed by atoms with Crippen LogP contribution in [0.1, 0.15) is 113 Å². The van der Waals surface area contributed by atoms with Gasteiger partial charge in [-0.15, -0.1) is 34.0 Å². The first kappa shape index (κ1) is 76.5. The molecule has 3 fully saturated rings. The number of amides is 9. The van der Waals surface area contributed by atoms with E-state index in [0.717, 1.165) is 47.3 Å². The summed E-state index contributed by atoms with van der Waals surface area (Å²) in [5, 5.41) is 7.58. The van der Waals surface area contributed by atoms with Crippen LogP contribution in [-0.2, 0) is 43.0 Å². The highest BCUT2D eigenvalue weighted by molar-refractivity contribution is 7.17. The van der Waals surface area contributed by atoms with Gasteiger partial charge in [-0.3, -0.25) is 43.2 Å². The summed E-state index contributed by atoms with van der Waals surface area (Å²) in [6.45, 7) is 6.99. The monoisotopic (exact) mass is 1470 g/mol. The van der Waals surface area contributed by atoms with Crippen molar-refractivity contribution in [2.75, 3.05) is 78.2 Å². The first-order valence-corrected chi connectivity index (χ1v) is 34.5. The number of benzene rings is 3. The smallest absolute Gasteiger partial charge is 0.313 e. The normalized spacial score (nSPS) is 20.0. The van der Waals surface area contributed by atoms with Crippen LogP contribution in [0.5, 0.6) is 17.6 Å². The van der Waals surface area contributed by atoms with Gasteiger partial charge in [0.2, 0.25) is 17.6 Å². The molecule has 3 aliphatic rings. The van der Waals surface area contributed by atoms with E-state index in [1.165, 1.54) is 92.1 Å². The number of ether oxygens (including phenoxy) is 6. The summed E-state index contributed by atoms with van der Waals surface area (Å²) < 4.78 is 35.1. The highest BCUT2D eigenvalue weighted by atomic mass is 32.1. The average Bonchev–Trinajstić information content (AvgIpc) is 1.68. The number of methoxy groups -OCH3 is 6. The number of rotatable bonds is 15. The van der Waals surface area contributed by atoms with Gasteiger partial charge in [0.25, 0.3) is 17.7 Å². The lowest BCUT2D eigenvalue weighted by molar-refractivity contribution is -0.149. The molecule has 6 aromatic heterocycles. The van der Waals surface area contributed by atoms with E-state index < -0.39 is 53.2 Å². The van der Waals surface area contributed by atoms with Gasteiger partial charge in [0.15, 0.2) is 0 Å². The van der Waals surface area contributed by atoms with Crippen molar-refractivity contribution in [2.45, 2.75) is 83.9 Å². The highest BCUT2D eigenvalue weighted by Gasteiger charge is 2.43. The van der Waals surface area contributed by atoms with Crippen LogP contribution in [0.2, 0.25) is 0 Å². The molecule has 9 heterocycles. The van der Waals surface area contributed by atoms with Gasteiger partial charge in [-0.2, -0.15) is 0 Å². The van der Waals surface area contributed by atoms with Crippen LogP contribution in [0.15, 0.2) is 108 Å². The van der Waals surface area contributed by atoms with Crippen LogP contribution >= 0.6 is 34.0 Å². The van der Waals surface area contributed by atoms with Gasteiger partial charge in [0.1, 0.15) is 16.7 Å². The number of carbonyl (C=O) groups excluding carboxylic acids is 9. The Morgan fingerprint density at radius 3 is 0.903 bits per heavy atom. The molecular weight excluding hydrogens is 1390 g/mol. The third-order valence-electron chi connectivity index (χ3n) is 18.0. The van der Waals surface area contributed by atoms with Crippen LogP contribution in [0.4, 0.5) is 17.1 Å². The molecule has 9 N–H and O–H groups in total. The summed E-state index contributed by atoms with van der Waals surface area (Å²) in [5.41, 5.74) is 27.1. The van der Waals surface area contributed by atoms with Gasteiger partial charge in [-0.25, -0.2) is 29.9 Å². The predicted octanol–water partition coefficient (Wildman–Crippen LogP) is 7.72. The summed E-state index contributed by atoms with van der Waals surface area (Å²) in [6.07, 6.45) is 5.33. The molecule has 0 radical (unpaired) electrons. The first-order chi connectivity index (χ1) is 48.9. The summed E-state index contributed by atoms with van der Waals surface area (Å²) >= 11 is 4.62. The van der Waals surface area contributed by atoms with Gasteiger partial charge in [-0.05, 0) is 90.6 Å². The van der Waals surface area contributed by atoms with E-state index in [1.807, 2.05) is 75.4 Å². The number of likely N-dealkylation sites (tertiary alicyclic amines) is 3. The number of carbonyl (C=O) groups is 9. The van der Waals surface area contributed by atoms with E-state index in [0.29, 0.717) is 38.9 Å². The van der Waals surface area contributed by atoms with Gasteiger partial charge in [0, 0.05) is 58.7 Å². The lowest BCUT2D eigenvalue weighted by Gasteiger charge is -2.42. The van der Waals surface area contributed by atoms with Crippen molar-refractivity contribution in [3.8, 4) is 17.6 Å². The maximum absolute atomic E-state index is 13.3. The maximum Gasteiger partial charge on any atom is 0.313 e. The minimum Gasteiger partial charge on any atom is -0.480 e. The molecular formula is C70H79N15O15S3. The fraction of sp³-hybridized carbons (Fsp3) is 0.357. The van der Waals surface area contributed by atoms with Crippen LogP contribution in [-0.4, -0.2) is 178 Å². The Bertz CT molecular complexity index is 4190. The quantitative estimate of drug-likeness (QED) is 0.0535. The molecule has 542 valence electrons. The van der Waals surface area contributed by atoms with E-state index in [9.17, 15) is 43.2 Å². The molecule has 0 aliphatic carbocycles. The van der Waals surface area contributed by atoms with Gasteiger partial charge in [0.05, 0.1) is 141 Å². The lowest BCUT2D eigenvalue weighted by atomic mass is 9.87. The van der Waals surface area contributed by atoms with Crippen LogP contribution in [0.3, 0.4) is 0 Å². The van der Waals surface area contributed by atoms with Crippen molar-refractivity contribution in [3.63, 3.8) is 0 Å². The summed E-state index contributed by atoms with van der Waals surface area (Å²) in [5.74, 6) is -6.71. The fourth-order valence-corrected chi connectivity index (χ4v) is 14.8. The van der Waals surface area contributed by atoms with E-state index in [-0.39, 0.29) is 113 Å². The molecule has 0 spiro atoms. The third-order valence-corrected chi connectivity index (χ3v) is 20.5. The zero-order chi connectivity index (χ0) is 73.2. The van der Waals surface area contributed by atoms with Gasteiger partial charge < -0.3 is 76.3 Å². The molecule has 12 rings (SSSR count). The second-order valence-electron chi connectivity index (χ2n) is 24.4. The number of anilines is 3. The molecule has 103 heavy (non-hydrogen) atoms. The minimum atomic E-state index is -0.842. The molecule has 9 aromatic rings. The number of nitrogens with two attached hydrogens (primary N) is 3. The first-order valence-electron chi connectivity index (χ1n) is 31.9. The Kier molecular flexibility index (Phi) is 25.1. The van der Waals surface area contributed by atoms with Crippen LogP contribution in [0, 0.1) is 17.8 Å². The number of hydrogen-bond acceptors (Lipinski definition) is 24. The topological polar surface area (TPSA) is 410 Å². The van der Waals surface area contributed by atoms with Crippen LogP contribution < -0.4 is 47.4 Å². The number of hydrogen-bond donors (Lipinski definition) is 6. The van der Waals surface area contributed by atoms with Gasteiger partial charge >= 0.3 is 35.4 Å². The van der Waals surface area contributed by atoms with E-state index in [4.69, 9.17) is 45.6 Å². The van der Waals surface area contributed by atoms with Crippen molar-refractivity contribution in [1.82, 2.24) is 44.6 Å². The summed E-state index contributed by atoms with van der Waals surface area (Å²) in [4.78, 5) is 143. The molecule has 9 amide bonds. The number of aromatic nitrogens is 6. The predicted molar refractivity (Wildman–Crippen MR) is 386 cm³/mol. The van der Waals surface area contributed by atoms with Crippen molar-refractivity contribution >= 4 is 135 Å². The number of primary amides is 3. The number of piperidine rings is 3. The van der Waals surface area contributed by atoms with Crippen molar-refractivity contribution in [3.05, 3.63) is 141 Å². The van der Waals surface area contributed by atoms with Crippen molar-refractivity contribution < 1.29 is 71.6 Å². The molecule has 30 nitrogen and oxygen atoms in total. The zero-order valence-electron chi connectivity index (χ0n) is 56.9. The summed E-state index contributed by atoms with van der Waals surface area (Å²) in [6, 6.07) is 20.5. The Hall–Kier alpha value is -10.7. The van der Waals surface area contributed by atoms with E-state index >= 15 is 0 Å². The highest BCUT2D eigenvalue weighted by Crippen LogP contribution is 2.40. The number of nitrogens with one attached hydrogen (secondary N) is 3. The molecule has 3 aromatic carbocycles. The Morgan fingerprint density at radius 2 is 0.670 bits per heavy atom. The maximum atomic E-state index is 13.3. The second kappa shape index (κ2) is 33.8. The molecule has 9 atom stereocenters. The molecule has 33 heteroatoms. The number of nitrogens with zero attached hydrogens (tertiary/aromatic N) is 9. The van der Waals surface area contributed by atoms with E-state index in [2.05, 4.69) is 45.9 Å². The number of thiazole rings is 3. The molecule has 3 aliphatic heterocycles. The van der Waals surface area contributed by atoms with E-state index in [1.54, 1.807) is 52.6 Å². The number of fused-ring (bicyclic) bond motifs is 3. The number of pyridine rings is 3. The largest absolute Gasteiger partial charge is 0.480 e. The standard InChI is InChI=1S/3C23H25N5O5S.CH4/c3*1-12-10-28(17(8-18(12)32-2)13-4-5-19-16(6-13)26-11-34-19)23(31)21(30)27-14-7-15(20(24)29)22(33-3)25-9-14;/h3*4-7,9,11-12,17-18H,8,10H2,1-3H3,(H2,24,29)(H,27,30);1H4/t3*12-,17-,18+;/m100./s1. The Morgan fingerprint density at radius 1 is 0.408 bits per heavy atom. The van der Waals surface area contributed by atoms with Crippen LogP contribution in [0.25, 0.3) is 30.6 Å². The average molecular weight is 1470 g/mol. The summed E-state index contributed by atoms with van der Waals surface area (Å²) in [7, 11) is 9.01. The van der Waals surface area contributed by atoms with Gasteiger partial charge in [-0.1, -0.05) is 46.4 Å². The zero-order valence-corrected chi connectivity index (χ0v) is 59.4. The molecule has 0 saturated carbocycles. The molecule has 0 unspecified atom stereocenters. The Balaban J connectivity index is 0.000000179. The third kappa shape index (κ3) is 17.3. The van der Waals surface area contributed by atoms with Crippen molar-refractivity contribution in [1.29, 1.82) is 0 Å². The molecule has 3 saturated heterocycles. The second-order valence-corrected chi connectivity index (χ2v) is 27.1. The fourth-order valence-electron chi connectivity index (χ4n) is 12.8. The Labute approximate surface area is 603 Å². The van der Waals surface area contributed by atoms with Crippen molar-refractivity contribution in [2.24, 2.45) is 35.0 Å². The molecule has 0 bridgehead atoms.